The van der Waals surface area contributed by atoms with Crippen molar-refractivity contribution in [3.05, 3.63) is 11.6 Å². The molecular weight excluding hydrogens is 396 g/mol. The molecule has 6 heteroatoms. The lowest BCUT2D eigenvalue weighted by atomic mass is 9.45. The summed E-state index contributed by atoms with van der Waals surface area (Å²) in [7, 11) is 0. The van der Waals surface area contributed by atoms with Crippen LogP contribution in [0.1, 0.15) is 78.6 Å². The summed E-state index contributed by atoms with van der Waals surface area (Å²) in [5, 5.41) is 21.3. The highest BCUT2D eigenvalue weighted by molar-refractivity contribution is 5.92. The molecule has 7 atom stereocenters. The van der Waals surface area contributed by atoms with Crippen molar-refractivity contribution in [2.45, 2.75) is 90.3 Å². The van der Waals surface area contributed by atoms with Crippen LogP contribution in [-0.2, 0) is 19.1 Å². The predicted octanol–water partition coefficient (Wildman–Crippen LogP) is 3.13. The van der Waals surface area contributed by atoms with Crippen LogP contribution in [0.15, 0.2) is 11.6 Å². The van der Waals surface area contributed by atoms with Crippen LogP contribution < -0.4 is 0 Å². The van der Waals surface area contributed by atoms with Gasteiger partial charge in [0.2, 0.25) is 5.78 Å². The molecule has 0 spiro atoms. The summed E-state index contributed by atoms with van der Waals surface area (Å²) in [4.78, 5) is 37.6. The van der Waals surface area contributed by atoms with Gasteiger partial charge in [-0.25, -0.2) is 0 Å². The molecule has 2 N–H and O–H groups in total. The van der Waals surface area contributed by atoms with Crippen LogP contribution in [0, 0.1) is 28.6 Å². The lowest BCUT2D eigenvalue weighted by Gasteiger charge is -2.60. The Hall–Kier alpha value is -1.53. The first-order valence-electron chi connectivity index (χ1n) is 11.9. The van der Waals surface area contributed by atoms with Crippen molar-refractivity contribution in [1.29, 1.82) is 0 Å². The van der Waals surface area contributed by atoms with Crippen molar-refractivity contribution in [3.8, 4) is 0 Å². The fourth-order valence-corrected chi connectivity index (χ4v) is 7.94. The second-order valence-electron chi connectivity index (χ2n) is 10.7. The quantitative estimate of drug-likeness (QED) is 0.648. The third-order valence-electron chi connectivity index (χ3n) is 9.35. The summed E-state index contributed by atoms with van der Waals surface area (Å²) in [5.41, 5.74) is -1.12. The highest BCUT2D eigenvalue weighted by Crippen LogP contribution is 2.68. The van der Waals surface area contributed by atoms with E-state index in [1.165, 1.54) is 0 Å². The molecule has 0 aromatic heterocycles. The van der Waals surface area contributed by atoms with Crippen LogP contribution in [0.5, 0.6) is 0 Å². The third kappa shape index (κ3) is 3.16. The number of fused-ring (bicyclic) bond motifs is 5. The van der Waals surface area contributed by atoms with Gasteiger partial charge in [-0.15, -0.1) is 0 Å². The molecule has 0 aliphatic heterocycles. The normalized spacial score (nSPS) is 44.0. The number of ether oxygens (including phenoxy) is 1. The van der Waals surface area contributed by atoms with Crippen LogP contribution in [0.25, 0.3) is 0 Å². The first kappa shape index (κ1) is 22.7. The summed E-state index contributed by atoms with van der Waals surface area (Å²) in [6.45, 7) is 5.39. The number of hydrogen-bond acceptors (Lipinski definition) is 6. The highest BCUT2D eigenvalue weighted by atomic mass is 16.6. The standard InChI is InChI=1S/C25H36O6/c1-4-5-21(30)31-25(20(29)14-26)11-9-18-17-7-6-15-12-16(27)8-10-23(15,2)22(17)19(28)13-24(18,25)3/h12,17-19,22,26,28H,4-11,13-14H2,1-3H3/t17-,18?,19-,22?,23-,24-,25-/m0/s1. The fourth-order valence-electron chi connectivity index (χ4n) is 7.94. The molecule has 0 radical (unpaired) electrons. The Kier molecular flexibility index (Phi) is 5.70. The minimum atomic E-state index is -1.37. The second-order valence-corrected chi connectivity index (χ2v) is 10.7. The van der Waals surface area contributed by atoms with Gasteiger partial charge in [0.1, 0.15) is 6.61 Å². The number of aliphatic hydroxyl groups excluding tert-OH is 2. The van der Waals surface area contributed by atoms with Crippen molar-refractivity contribution in [2.75, 3.05) is 6.61 Å². The van der Waals surface area contributed by atoms with E-state index >= 15 is 0 Å². The average molecular weight is 433 g/mol. The molecular formula is C25H36O6. The van der Waals surface area contributed by atoms with Crippen molar-refractivity contribution < 1.29 is 29.3 Å². The SMILES string of the molecule is CCCC(=O)O[C@]1(C(=O)CO)CCC2[C@@H]3CCC4=CC(=O)CC[C@]4(C)C3[C@@H](O)C[C@@]21C. The van der Waals surface area contributed by atoms with Crippen LogP contribution in [0.2, 0.25) is 0 Å². The zero-order valence-electron chi connectivity index (χ0n) is 19.0. The third-order valence-corrected chi connectivity index (χ3v) is 9.35. The molecule has 3 fully saturated rings. The number of ketones is 2. The summed E-state index contributed by atoms with van der Waals surface area (Å²) in [6.07, 6.45) is 6.48. The molecule has 4 aliphatic rings. The lowest BCUT2D eigenvalue weighted by molar-refractivity contribution is -0.202. The molecule has 0 aromatic carbocycles. The summed E-state index contributed by atoms with van der Waals surface area (Å²) < 4.78 is 5.92. The van der Waals surface area contributed by atoms with E-state index in [0.29, 0.717) is 25.7 Å². The molecule has 0 heterocycles. The largest absolute Gasteiger partial charge is 0.450 e. The number of esters is 1. The first-order valence-corrected chi connectivity index (χ1v) is 11.9. The van der Waals surface area contributed by atoms with Gasteiger partial charge in [-0.2, -0.15) is 0 Å². The van der Waals surface area contributed by atoms with Crippen molar-refractivity contribution in [2.24, 2.45) is 28.6 Å². The molecule has 0 amide bonds. The molecule has 4 aliphatic carbocycles. The predicted molar refractivity (Wildman–Crippen MR) is 114 cm³/mol. The fraction of sp³-hybridized carbons (Fsp3) is 0.800. The number of carbonyl (C=O) groups is 3. The summed E-state index contributed by atoms with van der Waals surface area (Å²) >= 11 is 0. The zero-order chi connectivity index (χ0) is 22.6. The highest BCUT2D eigenvalue weighted by Gasteiger charge is 2.70. The molecule has 0 aromatic rings. The van der Waals surface area contributed by atoms with Gasteiger partial charge in [0.25, 0.3) is 0 Å². The number of aliphatic hydroxyl groups is 2. The average Bonchev–Trinajstić information content (AvgIpc) is 3.00. The molecule has 0 bridgehead atoms. The minimum Gasteiger partial charge on any atom is -0.450 e. The van der Waals surface area contributed by atoms with Crippen LogP contribution in [-0.4, -0.2) is 46.1 Å². The maximum Gasteiger partial charge on any atom is 0.306 e. The molecule has 6 nitrogen and oxygen atoms in total. The number of allylic oxidation sites excluding steroid dienone is 1. The Bertz CT molecular complexity index is 817. The van der Waals surface area contributed by atoms with Crippen molar-refractivity contribution in [3.63, 3.8) is 0 Å². The van der Waals surface area contributed by atoms with E-state index in [4.69, 9.17) is 4.74 Å². The first-order chi connectivity index (χ1) is 14.6. The summed E-state index contributed by atoms with van der Waals surface area (Å²) in [6, 6.07) is 0. The number of rotatable bonds is 5. The van der Waals surface area contributed by atoms with E-state index in [9.17, 15) is 24.6 Å². The van der Waals surface area contributed by atoms with E-state index < -0.39 is 35.5 Å². The van der Waals surface area contributed by atoms with Gasteiger partial charge < -0.3 is 14.9 Å². The van der Waals surface area contributed by atoms with Crippen LogP contribution in [0.3, 0.4) is 0 Å². The number of hydrogen-bond donors (Lipinski definition) is 2. The molecule has 172 valence electrons. The topological polar surface area (TPSA) is 101 Å². The van der Waals surface area contributed by atoms with Crippen LogP contribution >= 0.6 is 0 Å². The van der Waals surface area contributed by atoms with Crippen LogP contribution in [0.4, 0.5) is 0 Å². The Morgan fingerprint density at radius 3 is 2.61 bits per heavy atom. The molecule has 4 rings (SSSR count). The number of carbonyl (C=O) groups excluding carboxylic acids is 3. The van der Waals surface area contributed by atoms with E-state index in [2.05, 4.69) is 6.92 Å². The maximum atomic E-state index is 13.1. The molecule has 3 saturated carbocycles. The van der Waals surface area contributed by atoms with Gasteiger partial charge in [-0.3, -0.25) is 14.4 Å². The van der Waals surface area contributed by atoms with E-state index in [1.54, 1.807) is 6.08 Å². The molecule has 2 unspecified atom stereocenters. The Balaban J connectivity index is 1.73. The van der Waals surface area contributed by atoms with E-state index in [-0.39, 0.29) is 35.4 Å². The van der Waals surface area contributed by atoms with Gasteiger partial charge in [-0.1, -0.05) is 26.3 Å². The smallest absolute Gasteiger partial charge is 0.306 e. The monoisotopic (exact) mass is 432 g/mol. The van der Waals surface area contributed by atoms with E-state index in [1.807, 2.05) is 13.8 Å². The lowest BCUT2D eigenvalue weighted by Crippen LogP contribution is -2.63. The maximum absolute atomic E-state index is 13.1. The number of Topliss-reactive ketones (excluding diaryl/α,β-unsaturated/α-hetero) is 1. The Morgan fingerprint density at radius 1 is 1.19 bits per heavy atom. The van der Waals surface area contributed by atoms with E-state index in [0.717, 1.165) is 31.3 Å². The van der Waals surface area contributed by atoms with Gasteiger partial charge >= 0.3 is 5.97 Å². The minimum absolute atomic E-state index is 0.0325. The second kappa shape index (κ2) is 7.80. The van der Waals surface area contributed by atoms with Gasteiger partial charge in [0.15, 0.2) is 11.4 Å². The Morgan fingerprint density at radius 2 is 1.94 bits per heavy atom. The molecule has 31 heavy (non-hydrogen) atoms. The van der Waals surface area contributed by atoms with Crippen molar-refractivity contribution in [1.82, 2.24) is 0 Å². The van der Waals surface area contributed by atoms with Gasteiger partial charge in [0.05, 0.1) is 6.10 Å². The zero-order valence-corrected chi connectivity index (χ0v) is 19.0. The van der Waals surface area contributed by atoms with Gasteiger partial charge in [0, 0.05) is 18.3 Å². The Labute approximate surface area is 184 Å². The summed E-state index contributed by atoms with van der Waals surface area (Å²) in [5.74, 6) is -0.320. The molecule has 0 saturated heterocycles. The van der Waals surface area contributed by atoms with Crippen molar-refractivity contribution >= 4 is 17.5 Å². The van der Waals surface area contributed by atoms with Gasteiger partial charge in [-0.05, 0) is 74.2 Å².